The minimum Gasteiger partial charge on any atom is -0.481 e. The summed E-state index contributed by atoms with van der Waals surface area (Å²) < 4.78 is 0. The Hall–Kier alpha value is -1.88. The summed E-state index contributed by atoms with van der Waals surface area (Å²) in [5.41, 5.74) is 1.44. The molecule has 1 unspecified atom stereocenters. The molecule has 0 spiro atoms. The second-order valence-electron chi connectivity index (χ2n) is 4.80. The molecule has 19 heavy (non-hydrogen) atoms. The van der Waals surface area contributed by atoms with Crippen LogP contribution in [0, 0.1) is 5.92 Å². The van der Waals surface area contributed by atoms with Gasteiger partial charge in [-0.05, 0) is 37.1 Å². The Labute approximate surface area is 112 Å². The van der Waals surface area contributed by atoms with Gasteiger partial charge in [-0.25, -0.2) is 0 Å². The summed E-state index contributed by atoms with van der Waals surface area (Å²) >= 11 is 0. The summed E-state index contributed by atoms with van der Waals surface area (Å²) in [5.74, 6) is -0.810. The van der Waals surface area contributed by atoms with E-state index >= 15 is 0 Å². The van der Waals surface area contributed by atoms with E-state index in [2.05, 4.69) is 10.6 Å². The van der Waals surface area contributed by atoms with Crippen LogP contribution < -0.4 is 10.6 Å². The second kappa shape index (κ2) is 6.33. The summed E-state index contributed by atoms with van der Waals surface area (Å²) in [6, 6.07) is 6.94. The van der Waals surface area contributed by atoms with Gasteiger partial charge in [0, 0.05) is 12.2 Å². The average molecular weight is 262 g/mol. The highest BCUT2D eigenvalue weighted by atomic mass is 16.4. The highest BCUT2D eigenvalue weighted by molar-refractivity contribution is 5.92. The van der Waals surface area contributed by atoms with Crippen LogP contribution >= 0.6 is 0 Å². The van der Waals surface area contributed by atoms with Crippen LogP contribution in [0.3, 0.4) is 0 Å². The zero-order valence-electron chi connectivity index (χ0n) is 10.7. The fourth-order valence-corrected chi connectivity index (χ4v) is 2.20. The molecule has 0 saturated carbocycles. The van der Waals surface area contributed by atoms with E-state index in [0.717, 1.165) is 31.5 Å². The molecule has 1 aliphatic heterocycles. The van der Waals surface area contributed by atoms with Gasteiger partial charge in [0.2, 0.25) is 5.91 Å². The lowest BCUT2D eigenvalue weighted by Gasteiger charge is -2.21. The predicted molar refractivity (Wildman–Crippen MR) is 72.0 cm³/mol. The van der Waals surface area contributed by atoms with E-state index in [4.69, 9.17) is 5.11 Å². The number of hydrogen-bond donors (Lipinski definition) is 3. The molecule has 0 aromatic heterocycles. The maximum atomic E-state index is 12.0. The molecule has 1 aromatic carbocycles. The van der Waals surface area contributed by atoms with Gasteiger partial charge in [0.05, 0.1) is 12.3 Å². The molecule has 1 heterocycles. The third-order valence-corrected chi connectivity index (χ3v) is 3.24. The molecule has 0 bridgehead atoms. The smallest absolute Gasteiger partial charge is 0.307 e. The maximum absolute atomic E-state index is 12.0. The molecule has 1 atom stereocenters. The number of nitrogens with one attached hydrogen (secondary N) is 2. The van der Waals surface area contributed by atoms with E-state index in [1.165, 1.54) is 0 Å². The van der Waals surface area contributed by atoms with E-state index in [9.17, 15) is 9.59 Å². The molecule has 1 saturated heterocycles. The predicted octanol–water partition coefficient (Wildman–Crippen LogP) is 1.25. The zero-order chi connectivity index (χ0) is 13.7. The number of benzene rings is 1. The molecule has 0 aliphatic carbocycles. The Morgan fingerprint density at radius 1 is 1.32 bits per heavy atom. The Morgan fingerprint density at radius 2 is 2.05 bits per heavy atom. The van der Waals surface area contributed by atoms with Crippen LogP contribution in [-0.2, 0) is 16.0 Å². The summed E-state index contributed by atoms with van der Waals surface area (Å²) in [6.07, 6.45) is 1.94. The number of rotatable bonds is 4. The van der Waals surface area contributed by atoms with Crippen LogP contribution in [0.15, 0.2) is 24.3 Å². The second-order valence-corrected chi connectivity index (χ2v) is 4.80. The molecule has 5 heteroatoms. The molecule has 102 valence electrons. The first kappa shape index (κ1) is 13.5. The Morgan fingerprint density at radius 3 is 2.63 bits per heavy atom. The van der Waals surface area contributed by atoms with E-state index < -0.39 is 5.97 Å². The highest BCUT2D eigenvalue weighted by Crippen LogP contribution is 2.15. The molecule has 1 aromatic rings. The molecule has 1 aliphatic rings. The van der Waals surface area contributed by atoms with Crippen LogP contribution in [0.25, 0.3) is 0 Å². The van der Waals surface area contributed by atoms with E-state index in [1.807, 2.05) is 0 Å². The number of anilines is 1. The SMILES string of the molecule is O=C(O)Cc1ccc(NC(=O)C2CCCNC2)cc1. The van der Waals surface area contributed by atoms with Crippen molar-refractivity contribution in [3.8, 4) is 0 Å². The lowest BCUT2D eigenvalue weighted by Crippen LogP contribution is -2.37. The first-order valence-corrected chi connectivity index (χ1v) is 6.47. The first-order chi connectivity index (χ1) is 9.15. The zero-order valence-corrected chi connectivity index (χ0v) is 10.7. The normalized spacial score (nSPS) is 18.8. The Bertz CT molecular complexity index is 450. The Balaban J connectivity index is 1.91. The number of carboxylic acids is 1. The number of hydrogen-bond acceptors (Lipinski definition) is 3. The van der Waals surface area contributed by atoms with Crippen LogP contribution in [0.4, 0.5) is 5.69 Å². The van der Waals surface area contributed by atoms with Crippen molar-refractivity contribution in [3.05, 3.63) is 29.8 Å². The van der Waals surface area contributed by atoms with E-state index in [0.29, 0.717) is 5.69 Å². The van der Waals surface area contributed by atoms with Crippen molar-refractivity contribution in [3.63, 3.8) is 0 Å². The minimum atomic E-state index is -0.856. The number of carbonyl (C=O) groups excluding carboxylic acids is 1. The summed E-state index contributed by atoms with van der Waals surface area (Å²) in [6.45, 7) is 1.70. The fraction of sp³-hybridized carbons (Fsp3) is 0.429. The van der Waals surface area contributed by atoms with Crippen molar-refractivity contribution < 1.29 is 14.7 Å². The summed E-state index contributed by atoms with van der Waals surface area (Å²) in [7, 11) is 0. The number of piperidine rings is 1. The molecule has 5 nitrogen and oxygen atoms in total. The molecule has 2 rings (SSSR count). The van der Waals surface area contributed by atoms with Gasteiger partial charge in [-0.2, -0.15) is 0 Å². The standard InChI is InChI=1S/C14H18N2O3/c17-13(18)8-10-3-5-12(6-4-10)16-14(19)11-2-1-7-15-9-11/h3-6,11,15H,1-2,7-9H2,(H,16,19)(H,17,18). The quantitative estimate of drug-likeness (QED) is 0.763. The molecule has 3 N–H and O–H groups in total. The molecular weight excluding hydrogens is 244 g/mol. The monoisotopic (exact) mass is 262 g/mol. The third-order valence-electron chi connectivity index (χ3n) is 3.24. The van der Waals surface area contributed by atoms with Crippen LogP contribution in [0.5, 0.6) is 0 Å². The topological polar surface area (TPSA) is 78.4 Å². The van der Waals surface area contributed by atoms with Gasteiger partial charge in [-0.1, -0.05) is 12.1 Å². The van der Waals surface area contributed by atoms with Crippen molar-refractivity contribution in [2.24, 2.45) is 5.92 Å². The number of aliphatic carboxylic acids is 1. The minimum absolute atomic E-state index is 0.000765. The van der Waals surface area contributed by atoms with Crippen LogP contribution in [0.2, 0.25) is 0 Å². The fourth-order valence-electron chi connectivity index (χ4n) is 2.20. The molecule has 0 radical (unpaired) electrons. The first-order valence-electron chi connectivity index (χ1n) is 6.47. The van der Waals surface area contributed by atoms with Gasteiger partial charge in [0.1, 0.15) is 0 Å². The number of carboxylic acid groups (broad SMARTS) is 1. The van der Waals surface area contributed by atoms with Crippen LogP contribution in [-0.4, -0.2) is 30.1 Å². The maximum Gasteiger partial charge on any atom is 0.307 e. The van der Waals surface area contributed by atoms with Gasteiger partial charge in [-0.15, -0.1) is 0 Å². The number of carbonyl (C=O) groups is 2. The summed E-state index contributed by atoms with van der Waals surface area (Å²) in [5, 5.41) is 14.7. The van der Waals surface area contributed by atoms with Crippen molar-refractivity contribution in [1.29, 1.82) is 0 Å². The van der Waals surface area contributed by atoms with E-state index in [1.54, 1.807) is 24.3 Å². The van der Waals surface area contributed by atoms with Gasteiger partial charge in [0.15, 0.2) is 0 Å². The number of amides is 1. The van der Waals surface area contributed by atoms with Gasteiger partial charge in [0.25, 0.3) is 0 Å². The highest BCUT2D eigenvalue weighted by Gasteiger charge is 2.20. The third kappa shape index (κ3) is 4.06. The van der Waals surface area contributed by atoms with Crippen molar-refractivity contribution >= 4 is 17.6 Å². The van der Waals surface area contributed by atoms with Gasteiger partial charge >= 0.3 is 5.97 Å². The lowest BCUT2D eigenvalue weighted by atomic mass is 9.99. The van der Waals surface area contributed by atoms with Crippen LogP contribution in [0.1, 0.15) is 18.4 Å². The van der Waals surface area contributed by atoms with Crippen molar-refractivity contribution in [2.45, 2.75) is 19.3 Å². The lowest BCUT2D eigenvalue weighted by molar-refractivity contribution is -0.136. The summed E-state index contributed by atoms with van der Waals surface area (Å²) in [4.78, 5) is 22.5. The molecule has 1 amide bonds. The van der Waals surface area contributed by atoms with Crippen molar-refractivity contribution in [1.82, 2.24) is 5.32 Å². The van der Waals surface area contributed by atoms with Gasteiger partial charge < -0.3 is 15.7 Å². The van der Waals surface area contributed by atoms with E-state index in [-0.39, 0.29) is 18.2 Å². The molecular formula is C14H18N2O3. The Kier molecular flexibility index (Phi) is 4.52. The largest absolute Gasteiger partial charge is 0.481 e. The van der Waals surface area contributed by atoms with Gasteiger partial charge in [-0.3, -0.25) is 9.59 Å². The molecule has 1 fully saturated rings. The average Bonchev–Trinajstić information content (AvgIpc) is 2.41. The van der Waals surface area contributed by atoms with Crippen molar-refractivity contribution in [2.75, 3.05) is 18.4 Å².